The minimum Gasteiger partial charge on any atom is -0.491 e. The Labute approximate surface area is 289 Å². The molecule has 4 heterocycles. The first-order valence-corrected chi connectivity index (χ1v) is 17.2. The number of anilines is 1. The van der Waals surface area contributed by atoms with Gasteiger partial charge in [0.15, 0.2) is 5.79 Å². The van der Waals surface area contributed by atoms with E-state index in [0.717, 1.165) is 49.1 Å². The fraction of sp³-hybridized carbons (Fsp3) is 0.395. The normalized spacial score (nSPS) is 19.8. The molecule has 2 atom stereocenters. The van der Waals surface area contributed by atoms with Crippen LogP contribution in [0.4, 0.5) is 14.5 Å². The molecule has 1 N–H and O–H groups in total. The molecule has 2 unspecified atom stereocenters. The molecule has 0 aliphatic carbocycles. The molecule has 262 valence electrons. The van der Waals surface area contributed by atoms with Crippen LogP contribution in [0, 0.1) is 17.6 Å². The maximum Gasteiger partial charge on any atom is 0.350 e. The molecule has 3 aromatic carbocycles. The Morgan fingerprint density at radius 1 is 1.02 bits per heavy atom. The summed E-state index contributed by atoms with van der Waals surface area (Å²) in [5.41, 5.74) is 4.13. The Hall–Kier alpha value is -4.81. The van der Waals surface area contributed by atoms with E-state index in [4.69, 9.17) is 14.2 Å². The van der Waals surface area contributed by atoms with Gasteiger partial charge in [-0.15, -0.1) is 0 Å². The van der Waals surface area contributed by atoms with Gasteiger partial charge in [-0.25, -0.2) is 27.8 Å². The van der Waals surface area contributed by atoms with Gasteiger partial charge in [0.2, 0.25) is 0 Å². The van der Waals surface area contributed by atoms with Gasteiger partial charge in [0.05, 0.1) is 18.6 Å². The number of aromatic nitrogens is 5. The molecule has 0 saturated carbocycles. The summed E-state index contributed by atoms with van der Waals surface area (Å²) >= 11 is 0. The van der Waals surface area contributed by atoms with Crippen LogP contribution in [-0.4, -0.2) is 56.7 Å². The van der Waals surface area contributed by atoms with Gasteiger partial charge in [0.25, 0.3) is 0 Å². The van der Waals surface area contributed by atoms with Gasteiger partial charge in [0, 0.05) is 55.3 Å². The average molecular weight is 685 g/mol. The molecule has 0 radical (unpaired) electrons. The summed E-state index contributed by atoms with van der Waals surface area (Å²) < 4.78 is 50.3. The van der Waals surface area contributed by atoms with Gasteiger partial charge in [-0.05, 0) is 85.2 Å². The van der Waals surface area contributed by atoms with E-state index in [-0.39, 0.29) is 24.5 Å². The van der Waals surface area contributed by atoms with Gasteiger partial charge in [-0.2, -0.15) is 5.10 Å². The SMILES string of the molecule is CC(C)Cn1ncn(-c2ccc(N3CCC(c4ccc(OCC5COC(CCc6cnc[nH]6)(c6ccc(F)cc6F)O5)cc4)CC3)cc2)c1=O. The van der Waals surface area contributed by atoms with Gasteiger partial charge in [0.1, 0.15) is 36.4 Å². The molecule has 2 aromatic heterocycles. The number of halogens is 2. The van der Waals surface area contributed by atoms with E-state index in [1.165, 1.54) is 22.4 Å². The Bertz CT molecular complexity index is 1920. The minimum atomic E-state index is -1.37. The van der Waals surface area contributed by atoms with Crippen molar-refractivity contribution in [1.82, 2.24) is 24.3 Å². The molecule has 12 heteroatoms. The lowest BCUT2D eigenvalue weighted by molar-refractivity contribution is -0.185. The number of hydrogen-bond donors (Lipinski definition) is 1. The van der Waals surface area contributed by atoms with Crippen LogP contribution in [0.25, 0.3) is 5.69 Å². The monoisotopic (exact) mass is 684 g/mol. The molecule has 0 bridgehead atoms. The number of rotatable bonds is 12. The minimum absolute atomic E-state index is 0.123. The summed E-state index contributed by atoms with van der Waals surface area (Å²) in [4.78, 5) is 22.2. The van der Waals surface area contributed by atoms with Crippen molar-refractivity contribution in [1.29, 1.82) is 0 Å². The van der Waals surface area contributed by atoms with E-state index in [0.29, 0.717) is 37.0 Å². The number of aromatic amines is 1. The first kappa shape index (κ1) is 33.7. The van der Waals surface area contributed by atoms with Crippen molar-refractivity contribution in [3.8, 4) is 11.4 Å². The highest BCUT2D eigenvalue weighted by atomic mass is 19.1. The van der Waals surface area contributed by atoms with E-state index in [1.807, 2.05) is 24.3 Å². The fourth-order valence-electron chi connectivity index (χ4n) is 6.88. The third-order valence-corrected chi connectivity index (χ3v) is 9.53. The zero-order chi connectivity index (χ0) is 34.7. The number of nitrogens with zero attached hydrogens (tertiary/aromatic N) is 5. The van der Waals surface area contributed by atoms with Crippen LogP contribution in [0.15, 0.2) is 90.4 Å². The summed E-state index contributed by atoms with van der Waals surface area (Å²) in [5, 5.41) is 4.26. The summed E-state index contributed by atoms with van der Waals surface area (Å²) in [6.07, 6.45) is 7.31. The highest BCUT2D eigenvalue weighted by molar-refractivity contribution is 5.51. The average Bonchev–Trinajstić information content (AvgIpc) is 3.88. The standard InChI is InChI=1S/C38H42F2N6O4/c1-26(2)21-46-37(47)45(25-43-46)32-8-6-31(7-9-32)44-17-14-28(15-18-44)27-3-10-33(11-4-27)48-22-34-23-49-38(50-34,16-13-30-20-41-24-42-30)35-12-5-29(39)19-36(35)40/h3-12,19-20,24-26,28,34H,13-18,21-23H2,1-2H3,(H,41,42). The van der Waals surface area contributed by atoms with E-state index < -0.39 is 23.5 Å². The van der Waals surface area contributed by atoms with Crippen molar-refractivity contribution >= 4 is 5.69 Å². The molecule has 2 aliphatic rings. The zero-order valence-corrected chi connectivity index (χ0v) is 28.3. The number of hydrogen-bond acceptors (Lipinski definition) is 7. The number of piperidine rings is 1. The largest absolute Gasteiger partial charge is 0.491 e. The molecule has 0 spiro atoms. The topological polar surface area (TPSA) is 99.4 Å². The van der Waals surface area contributed by atoms with Crippen LogP contribution < -0.4 is 15.3 Å². The quantitative estimate of drug-likeness (QED) is 0.163. The van der Waals surface area contributed by atoms with E-state index in [1.54, 1.807) is 23.4 Å². The third-order valence-electron chi connectivity index (χ3n) is 9.53. The van der Waals surface area contributed by atoms with E-state index in [2.05, 4.69) is 58.1 Å². The number of benzene rings is 3. The lowest BCUT2D eigenvalue weighted by Crippen LogP contribution is -2.32. The molecule has 2 aliphatic heterocycles. The van der Waals surface area contributed by atoms with Crippen LogP contribution in [0.3, 0.4) is 0 Å². The van der Waals surface area contributed by atoms with Crippen LogP contribution in [0.1, 0.15) is 55.8 Å². The lowest BCUT2D eigenvalue weighted by Gasteiger charge is -2.34. The molecule has 2 saturated heterocycles. The Balaban J connectivity index is 0.917. The molecule has 5 aromatic rings. The van der Waals surface area contributed by atoms with Crippen molar-refractivity contribution in [2.24, 2.45) is 5.92 Å². The van der Waals surface area contributed by atoms with E-state index >= 15 is 0 Å². The molecule has 7 rings (SSSR count). The van der Waals surface area contributed by atoms with Crippen molar-refractivity contribution in [3.63, 3.8) is 0 Å². The fourth-order valence-corrected chi connectivity index (χ4v) is 6.88. The molecular formula is C38H42F2N6O4. The lowest BCUT2D eigenvalue weighted by atomic mass is 9.89. The number of ether oxygens (including phenoxy) is 3. The Morgan fingerprint density at radius 3 is 2.48 bits per heavy atom. The van der Waals surface area contributed by atoms with Crippen molar-refractivity contribution in [3.05, 3.63) is 125 Å². The predicted octanol–water partition coefficient (Wildman–Crippen LogP) is 6.36. The first-order chi connectivity index (χ1) is 24.3. The van der Waals surface area contributed by atoms with Crippen LogP contribution in [0.5, 0.6) is 5.75 Å². The summed E-state index contributed by atoms with van der Waals surface area (Å²) in [6, 6.07) is 19.8. The molecular weight excluding hydrogens is 642 g/mol. The number of aryl methyl sites for hydroxylation is 1. The van der Waals surface area contributed by atoms with Crippen molar-refractivity contribution in [2.45, 2.75) is 63.9 Å². The van der Waals surface area contributed by atoms with Crippen molar-refractivity contribution in [2.75, 3.05) is 31.2 Å². The summed E-state index contributed by atoms with van der Waals surface area (Å²) in [5.74, 6) is -1.24. The smallest absolute Gasteiger partial charge is 0.350 e. The molecule has 50 heavy (non-hydrogen) atoms. The van der Waals surface area contributed by atoms with Gasteiger partial charge in [-0.3, -0.25) is 0 Å². The highest BCUT2D eigenvalue weighted by Gasteiger charge is 2.45. The third kappa shape index (κ3) is 7.36. The summed E-state index contributed by atoms with van der Waals surface area (Å²) in [7, 11) is 0. The van der Waals surface area contributed by atoms with Gasteiger partial charge < -0.3 is 24.1 Å². The van der Waals surface area contributed by atoms with Crippen LogP contribution in [-0.2, 0) is 28.2 Å². The molecule has 2 fully saturated rings. The Kier molecular flexibility index (Phi) is 9.82. The molecule has 10 nitrogen and oxygen atoms in total. The Morgan fingerprint density at radius 2 is 1.78 bits per heavy atom. The second-order valence-corrected chi connectivity index (χ2v) is 13.5. The van der Waals surface area contributed by atoms with Crippen molar-refractivity contribution < 1.29 is 23.0 Å². The predicted molar refractivity (Wildman–Crippen MR) is 185 cm³/mol. The van der Waals surface area contributed by atoms with E-state index in [9.17, 15) is 13.6 Å². The zero-order valence-electron chi connectivity index (χ0n) is 28.3. The van der Waals surface area contributed by atoms with Gasteiger partial charge >= 0.3 is 5.69 Å². The second-order valence-electron chi connectivity index (χ2n) is 13.5. The maximum absolute atomic E-state index is 14.9. The summed E-state index contributed by atoms with van der Waals surface area (Å²) in [6.45, 7) is 7.03. The maximum atomic E-state index is 14.9. The second kappa shape index (κ2) is 14.6. The number of imidazole rings is 1. The van der Waals surface area contributed by atoms with Crippen LogP contribution in [0.2, 0.25) is 0 Å². The van der Waals surface area contributed by atoms with Crippen LogP contribution >= 0.6 is 0 Å². The number of nitrogens with one attached hydrogen (secondary N) is 1. The molecule has 0 amide bonds. The first-order valence-electron chi connectivity index (χ1n) is 17.2. The highest BCUT2D eigenvalue weighted by Crippen LogP contribution is 2.40. The van der Waals surface area contributed by atoms with Gasteiger partial charge in [-0.1, -0.05) is 26.0 Å². The number of H-pyrrole nitrogens is 1.